The van der Waals surface area contributed by atoms with Crippen molar-refractivity contribution in [3.8, 4) is 28.2 Å². The van der Waals surface area contributed by atoms with Crippen LogP contribution in [0, 0.1) is 0 Å². The summed E-state index contributed by atoms with van der Waals surface area (Å²) in [5.41, 5.74) is 14.3. The summed E-state index contributed by atoms with van der Waals surface area (Å²) in [4.78, 5) is 7.63. The SMILES string of the molecule is CC1(C)c2ccc(N(c3ccccc3)c3ccc4oc5ccccc5c4c3)cc2-c2cc3c(cc21)nc(-c1ccccc1)n3-c1ccccc1. The summed E-state index contributed by atoms with van der Waals surface area (Å²) in [5.74, 6) is 0.944. The van der Waals surface area contributed by atoms with Crippen LogP contribution in [0.1, 0.15) is 25.0 Å². The zero-order valence-corrected chi connectivity index (χ0v) is 27.8. The molecule has 9 aromatic rings. The predicted molar refractivity (Wildman–Crippen MR) is 206 cm³/mol. The van der Waals surface area contributed by atoms with Gasteiger partial charge in [0.25, 0.3) is 0 Å². The van der Waals surface area contributed by atoms with Crippen LogP contribution in [0.2, 0.25) is 0 Å². The van der Waals surface area contributed by atoms with E-state index in [1.54, 1.807) is 0 Å². The van der Waals surface area contributed by atoms with E-state index in [2.05, 4.69) is 175 Å². The average Bonchev–Trinajstić information content (AvgIpc) is 3.80. The summed E-state index contributed by atoms with van der Waals surface area (Å²) in [6.45, 7) is 4.67. The Morgan fingerprint density at radius 1 is 0.540 bits per heavy atom. The lowest BCUT2D eigenvalue weighted by atomic mass is 9.82. The van der Waals surface area contributed by atoms with Gasteiger partial charge in [-0.05, 0) is 95.1 Å². The second-order valence-corrected chi connectivity index (χ2v) is 13.7. The molecule has 4 nitrogen and oxygen atoms in total. The molecule has 2 heterocycles. The lowest BCUT2D eigenvalue weighted by molar-refractivity contribution is 0.661. The Labute approximate surface area is 290 Å². The Kier molecular flexibility index (Phi) is 6.19. The smallest absolute Gasteiger partial charge is 0.145 e. The van der Waals surface area contributed by atoms with Crippen molar-refractivity contribution in [2.45, 2.75) is 19.3 Å². The molecule has 50 heavy (non-hydrogen) atoms. The first-order valence-corrected chi connectivity index (χ1v) is 17.1. The summed E-state index contributed by atoms with van der Waals surface area (Å²) in [6, 6.07) is 58.1. The highest BCUT2D eigenvalue weighted by molar-refractivity contribution is 6.06. The molecule has 0 unspecified atom stereocenters. The third kappa shape index (κ3) is 4.28. The molecule has 4 heteroatoms. The first kappa shape index (κ1) is 28.6. The van der Waals surface area contributed by atoms with Crippen molar-refractivity contribution < 1.29 is 4.42 Å². The Hall–Kier alpha value is -6.39. The van der Waals surface area contributed by atoms with E-state index >= 15 is 0 Å². The molecule has 0 atom stereocenters. The lowest BCUT2D eigenvalue weighted by Crippen LogP contribution is -2.15. The van der Waals surface area contributed by atoms with Crippen LogP contribution in [0.15, 0.2) is 168 Å². The number of aromatic nitrogens is 2. The van der Waals surface area contributed by atoms with Gasteiger partial charge < -0.3 is 9.32 Å². The molecule has 0 saturated heterocycles. The molecule has 0 spiro atoms. The Morgan fingerprint density at radius 2 is 1.18 bits per heavy atom. The Balaban J connectivity index is 1.19. The van der Waals surface area contributed by atoms with Gasteiger partial charge in [0.1, 0.15) is 17.0 Å². The number of rotatable bonds is 5. The molecule has 238 valence electrons. The Morgan fingerprint density at radius 3 is 1.98 bits per heavy atom. The van der Waals surface area contributed by atoms with Gasteiger partial charge in [0.05, 0.1) is 11.0 Å². The second-order valence-electron chi connectivity index (χ2n) is 13.7. The second kappa shape index (κ2) is 10.8. The van der Waals surface area contributed by atoms with Gasteiger partial charge in [-0.15, -0.1) is 0 Å². The van der Waals surface area contributed by atoms with Crippen molar-refractivity contribution in [1.82, 2.24) is 9.55 Å². The minimum atomic E-state index is -0.187. The van der Waals surface area contributed by atoms with Gasteiger partial charge in [-0.1, -0.05) is 105 Å². The van der Waals surface area contributed by atoms with E-state index in [4.69, 9.17) is 9.40 Å². The Bertz CT molecular complexity index is 2720. The van der Waals surface area contributed by atoms with Gasteiger partial charge in [-0.3, -0.25) is 4.57 Å². The van der Waals surface area contributed by atoms with Crippen LogP contribution in [0.4, 0.5) is 17.1 Å². The molecule has 7 aromatic carbocycles. The van der Waals surface area contributed by atoms with E-state index in [1.807, 2.05) is 12.1 Å². The summed E-state index contributed by atoms with van der Waals surface area (Å²) in [7, 11) is 0. The molecule has 0 N–H and O–H groups in total. The number of furan rings is 1. The standard InChI is InChI=1S/C46H33N3O/c1-46(2)39-24-22-33(48(31-16-8-4-9-17-31)34-23-25-44-38(27-34)35-20-12-13-21-43(35)50-44)26-36(39)37-28-42-41(29-40(37)46)47-45(30-14-6-3-7-15-30)49(42)32-18-10-5-11-19-32/h3-29H,1-2H3. The van der Waals surface area contributed by atoms with Gasteiger partial charge >= 0.3 is 0 Å². The largest absolute Gasteiger partial charge is 0.456 e. The molecule has 0 saturated carbocycles. The summed E-state index contributed by atoms with van der Waals surface area (Å²) in [5, 5.41) is 2.23. The number of para-hydroxylation sites is 3. The van der Waals surface area contributed by atoms with Crippen LogP contribution < -0.4 is 4.90 Å². The average molecular weight is 644 g/mol. The highest BCUT2D eigenvalue weighted by Gasteiger charge is 2.37. The molecule has 0 fully saturated rings. The topological polar surface area (TPSA) is 34.2 Å². The van der Waals surface area contributed by atoms with E-state index in [0.717, 1.165) is 67.1 Å². The van der Waals surface area contributed by atoms with Crippen molar-refractivity contribution in [3.63, 3.8) is 0 Å². The molecular formula is C46H33N3O. The minimum Gasteiger partial charge on any atom is -0.456 e. The number of fused-ring (bicyclic) bond motifs is 7. The van der Waals surface area contributed by atoms with Crippen LogP contribution in [0.3, 0.4) is 0 Å². The van der Waals surface area contributed by atoms with Gasteiger partial charge in [0, 0.05) is 44.5 Å². The number of hydrogen-bond acceptors (Lipinski definition) is 3. The first-order valence-electron chi connectivity index (χ1n) is 17.1. The molecule has 0 aliphatic heterocycles. The van der Waals surface area contributed by atoms with E-state index in [9.17, 15) is 0 Å². The lowest BCUT2D eigenvalue weighted by Gasteiger charge is -2.27. The van der Waals surface area contributed by atoms with Crippen LogP contribution in [-0.4, -0.2) is 9.55 Å². The van der Waals surface area contributed by atoms with Gasteiger partial charge in [0.15, 0.2) is 0 Å². The summed E-state index contributed by atoms with van der Waals surface area (Å²) >= 11 is 0. The minimum absolute atomic E-state index is 0.187. The first-order chi connectivity index (χ1) is 24.5. The fourth-order valence-electron chi connectivity index (χ4n) is 7.94. The highest BCUT2D eigenvalue weighted by atomic mass is 16.3. The molecule has 1 aliphatic rings. The van der Waals surface area contributed by atoms with Gasteiger partial charge in [-0.2, -0.15) is 0 Å². The van der Waals surface area contributed by atoms with E-state index in [0.29, 0.717) is 0 Å². The number of hydrogen-bond donors (Lipinski definition) is 0. The third-order valence-electron chi connectivity index (χ3n) is 10.4. The predicted octanol–water partition coefficient (Wildman–Crippen LogP) is 12.4. The number of nitrogens with zero attached hydrogens (tertiary/aromatic N) is 3. The molecular weight excluding hydrogens is 611 g/mol. The van der Waals surface area contributed by atoms with Crippen molar-refractivity contribution in [3.05, 3.63) is 175 Å². The maximum absolute atomic E-state index is 6.20. The van der Waals surface area contributed by atoms with E-state index < -0.39 is 0 Å². The molecule has 0 amide bonds. The third-order valence-corrected chi connectivity index (χ3v) is 10.4. The molecule has 10 rings (SSSR count). The number of imidazole rings is 1. The summed E-state index contributed by atoms with van der Waals surface area (Å²) < 4.78 is 8.51. The number of benzene rings is 7. The maximum Gasteiger partial charge on any atom is 0.145 e. The monoisotopic (exact) mass is 643 g/mol. The van der Waals surface area contributed by atoms with Crippen molar-refractivity contribution >= 4 is 50.0 Å². The van der Waals surface area contributed by atoms with Gasteiger partial charge in [0.2, 0.25) is 0 Å². The van der Waals surface area contributed by atoms with Crippen LogP contribution >= 0.6 is 0 Å². The normalized spacial score (nSPS) is 13.2. The fourth-order valence-corrected chi connectivity index (χ4v) is 7.94. The zero-order valence-electron chi connectivity index (χ0n) is 27.8. The highest BCUT2D eigenvalue weighted by Crippen LogP contribution is 2.52. The van der Waals surface area contributed by atoms with Crippen LogP contribution in [-0.2, 0) is 5.41 Å². The molecule has 0 bridgehead atoms. The molecule has 0 radical (unpaired) electrons. The molecule has 2 aromatic heterocycles. The zero-order chi connectivity index (χ0) is 33.4. The fraction of sp³-hybridized carbons (Fsp3) is 0.0652. The van der Waals surface area contributed by atoms with Crippen LogP contribution in [0.5, 0.6) is 0 Å². The summed E-state index contributed by atoms with van der Waals surface area (Å²) in [6.07, 6.45) is 0. The van der Waals surface area contributed by atoms with Crippen molar-refractivity contribution in [2.24, 2.45) is 0 Å². The quantitative estimate of drug-likeness (QED) is 0.187. The van der Waals surface area contributed by atoms with E-state index in [-0.39, 0.29) is 5.41 Å². The molecule has 1 aliphatic carbocycles. The van der Waals surface area contributed by atoms with Gasteiger partial charge in [-0.25, -0.2) is 4.98 Å². The van der Waals surface area contributed by atoms with Crippen molar-refractivity contribution in [2.75, 3.05) is 4.90 Å². The van der Waals surface area contributed by atoms with Crippen LogP contribution in [0.25, 0.3) is 61.2 Å². The maximum atomic E-state index is 6.20. The van der Waals surface area contributed by atoms with E-state index in [1.165, 1.54) is 22.3 Å². The van der Waals surface area contributed by atoms with Crippen molar-refractivity contribution in [1.29, 1.82) is 0 Å². The number of anilines is 3.